The number of piperidine rings is 1. The Kier molecular flexibility index (Phi) is 5.10. The summed E-state index contributed by atoms with van der Waals surface area (Å²) < 4.78 is 5.69. The Morgan fingerprint density at radius 3 is 3.11 bits per heavy atom. The Hall–Kier alpha value is -0.510. The minimum atomic E-state index is 0.306. The van der Waals surface area contributed by atoms with Gasteiger partial charge >= 0.3 is 0 Å². The molecule has 2 heterocycles. The van der Waals surface area contributed by atoms with Crippen LogP contribution in [0.1, 0.15) is 25.3 Å². The van der Waals surface area contributed by atoms with E-state index in [0.29, 0.717) is 17.0 Å². The first kappa shape index (κ1) is 13.9. The molecule has 0 saturated carbocycles. The molecule has 0 bridgehead atoms. The highest BCUT2D eigenvalue weighted by atomic mass is 35.5. The summed E-state index contributed by atoms with van der Waals surface area (Å²) in [4.78, 5) is 6.63. The van der Waals surface area contributed by atoms with Crippen molar-refractivity contribution in [2.45, 2.75) is 31.7 Å². The van der Waals surface area contributed by atoms with Crippen LogP contribution < -0.4 is 4.90 Å². The number of anilines is 1. The molecule has 1 fully saturated rings. The molecule has 2 rings (SSSR count). The molecule has 1 unspecified atom stereocenters. The predicted molar refractivity (Wildman–Crippen MR) is 75.7 cm³/mol. The summed E-state index contributed by atoms with van der Waals surface area (Å²) in [6.45, 7) is 4.70. The molecule has 0 N–H and O–H groups in total. The fraction of sp³-hybridized carbons (Fsp3) is 0.615. The lowest BCUT2D eigenvalue weighted by atomic mass is 10.1. The zero-order valence-corrected chi connectivity index (χ0v) is 12.0. The zero-order valence-electron chi connectivity index (χ0n) is 10.5. The molecule has 18 heavy (non-hydrogen) atoms. The van der Waals surface area contributed by atoms with Crippen molar-refractivity contribution < 1.29 is 4.74 Å². The molecule has 0 radical (unpaired) electrons. The molecule has 1 aliphatic heterocycles. The standard InChI is InChI=1S/C13H18Cl2N2O/c1-2-18-11-4-3-5-17(9-11)13-6-10(7-14)12(15)8-16-13/h6,8,11H,2-5,7,9H2,1H3. The van der Waals surface area contributed by atoms with Crippen molar-refractivity contribution in [3.8, 4) is 0 Å². The molecule has 3 nitrogen and oxygen atoms in total. The van der Waals surface area contributed by atoms with E-state index in [0.717, 1.165) is 43.9 Å². The fourth-order valence-corrected chi connectivity index (χ4v) is 2.72. The van der Waals surface area contributed by atoms with Gasteiger partial charge in [0.1, 0.15) is 5.82 Å². The largest absolute Gasteiger partial charge is 0.377 e. The molecular formula is C13H18Cl2N2O. The number of ether oxygens (including phenoxy) is 1. The maximum atomic E-state index is 6.02. The number of rotatable bonds is 4. The maximum absolute atomic E-state index is 6.02. The van der Waals surface area contributed by atoms with E-state index >= 15 is 0 Å². The van der Waals surface area contributed by atoms with Crippen molar-refractivity contribution in [1.29, 1.82) is 0 Å². The summed E-state index contributed by atoms with van der Waals surface area (Å²) in [6.07, 6.45) is 4.24. The number of hydrogen-bond donors (Lipinski definition) is 0. The van der Waals surface area contributed by atoms with Crippen molar-refractivity contribution in [3.05, 3.63) is 22.8 Å². The first-order valence-corrected chi connectivity index (χ1v) is 7.22. The maximum Gasteiger partial charge on any atom is 0.128 e. The van der Waals surface area contributed by atoms with E-state index in [1.54, 1.807) is 6.20 Å². The molecular weight excluding hydrogens is 271 g/mol. The summed E-state index contributed by atoms with van der Waals surface area (Å²) in [5.74, 6) is 1.36. The molecule has 1 saturated heterocycles. The van der Waals surface area contributed by atoms with Crippen LogP contribution in [-0.4, -0.2) is 30.8 Å². The van der Waals surface area contributed by atoms with Gasteiger partial charge in [-0.2, -0.15) is 0 Å². The normalized spacial score (nSPS) is 20.2. The summed E-state index contributed by atoms with van der Waals surface area (Å²) in [7, 11) is 0. The average molecular weight is 289 g/mol. The second-order valence-electron chi connectivity index (χ2n) is 4.43. The summed E-state index contributed by atoms with van der Waals surface area (Å²) in [6, 6.07) is 1.98. The number of nitrogens with zero attached hydrogens (tertiary/aromatic N) is 2. The topological polar surface area (TPSA) is 25.4 Å². The molecule has 100 valence electrons. The van der Waals surface area contributed by atoms with Crippen LogP contribution in [0.3, 0.4) is 0 Å². The molecule has 0 aromatic carbocycles. The molecule has 0 spiro atoms. The van der Waals surface area contributed by atoms with Crippen molar-refractivity contribution in [2.24, 2.45) is 0 Å². The third kappa shape index (κ3) is 3.28. The number of hydrogen-bond acceptors (Lipinski definition) is 3. The molecule has 0 aliphatic carbocycles. The summed E-state index contributed by atoms with van der Waals surface area (Å²) in [5, 5.41) is 0.632. The fourth-order valence-electron chi connectivity index (χ4n) is 2.26. The van der Waals surface area contributed by atoms with Crippen LogP contribution in [0.2, 0.25) is 5.02 Å². The zero-order chi connectivity index (χ0) is 13.0. The number of alkyl halides is 1. The molecule has 1 aromatic heterocycles. The number of pyridine rings is 1. The van der Waals surface area contributed by atoms with Gasteiger partial charge in [-0.1, -0.05) is 11.6 Å². The Labute approximate surface area is 118 Å². The second kappa shape index (κ2) is 6.60. The van der Waals surface area contributed by atoms with E-state index in [1.807, 2.05) is 13.0 Å². The Balaban J connectivity index is 2.10. The summed E-state index contributed by atoms with van der Waals surface area (Å²) in [5.41, 5.74) is 0.932. The van der Waals surface area contributed by atoms with Gasteiger partial charge < -0.3 is 9.64 Å². The van der Waals surface area contributed by atoms with Gasteiger partial charge in [-0.25, -0.2) is 4.98 Å². The van der Waals surface area contributed by atoms with Crippen molar-refractivity contribution >= 4 is 29.0 Å². The van der Waals surface area contributed by atoms with Crippen LogP contribution in [0.15, 0.2) is 12.3 Å². The van der Waals surface area contributed by atoms with Crippen molar-refractivity contribution in [1.82, 2.24) is 4.98 Å². The molecule has 0 amide bonds. The highest BCUT2D eigenvalue weighted by molar-refractivity contribution is 6.32. The van der Waals surface area contributed by atoms with Crippen LogP contribution in [0, 0.1) is 0 Å². The van der Waals surface area contributed by atoms with Crippen molar-refractivity contribution in [3.63, 3.8) is 0 Å². The second-order valence-corrected chi connectivity index (χ2v) is 5.11. The van der Waals surface area contributed by atoms with E-state index in [-0.39, 0.29) is 0 Å². The third-order valence-electron chi connectivity index (χ3n) is 3.17. The van der Waals surface area contributed by atoms with Gasteiger partial charge in [-0.3, -0.25) is 0 Å². The third-order valence-corrected chi connectivity index (χ3v) is 3.80. The average Bonchev–Trinajstić information content (AvgIpc) is 2.40. The van der Waals surface area contributed by atoms with E-state index in [4.69, 9.17) is 27.9 Å². The van der Waals surface area contributed by atoms with Gasteiger partial charge in [0.05, 0.1) is 11.1 Å². The van der Waals surface area contributed by atoms with Gasteiger partial charge in [0.15, 0.2) is 0 Å². The Morgan fingerprint density at radius 1 is 1.56 bits per heavy atom. The van der Waals surface area contributed by atoms with E-state index in [9.17, 15) is 0 Å². The Morgan fingerprint density at radius 2 is 2.39 bits per heavy atom. The SMILES string of the molecule is CCOC1CCCN(c2cc(CCl)c(Cl)cn2)C1. The number of aromatic nitrogens is 1. The highest BCUT2D eigenvalue weighted by Crippen LogP contribution is 2.24. The van der Waals surface area contributed by atoms with Crippen LogP contribution in [0.4, 0.5) is 5.82 Å². The van der Waals surface area contributed by atoms with Gasteiger partial charge in [0.2, 0.25) is 0 Å². The van der Waals surface area contributed by atoms with E-state index in [1.165, 1.54) is 0 Å². The predicted octanol–water partition coefficient (Wildman–Crippen LogP) is 3.48. The highest BCUT2D eigenvalue weighted by Gasteiger charge is 2.21. The van der Waals surface area contributed by atoms with Crippen LogP contribution in [0.25, 0.3) is 0 Å². The van der Waals surface area contributed by atoms with E-state index < -0.39 is 0 Å². The van der Waals surface area contributed by atoms with Crippen LogP contribution in [-0.2, 0) is 10.6 Å². The van der Waals surface area contributed by atoms with Gasteiger partial charge in [-0.15, -0.1) is 11.6 Å². The molecule has 1 atom stereocenters. The monoisotopic (exact) mass is 288 g/mol. The Bertz CT molecular complexity index is 399. The lowest BCUT2D eigenvalue weighted by molar-refractivity contribution is 0.0525. The van der Waals surface area contributed by atoms with Crippen molar-refractivity contribution in [2.75, 3.05) is 24.6 Å². The molecule has 1 aliphatic rings. The quantitative estimate of drug-likeness (QED) is 0.793. The smallest absolute Gasteiger partial charge is 0.128 e. The van der Waals surface area contributed by atoms with Crippen LogP contribution in [0.5, 0.6) is 0 Å². The number of halogens is 2. The van der Waals surface area contributed by atoms with Gasteiger partial charge in [0.25, 0.3) is 0 Å². The minimum absolute atomic E-state index is 0.306. The lowest BCUT2D eigenvalue weighted by Gasteiger charge is -2.33. The first-order chi connectivity index (χ1) is 8.74. The van der Waals surface area contributed by atoms with Gasteiger partial charge in [0, 0.05) is 31.8 Å². The minimum Gasteiger partial charge on any atom is -0.377 e. The lowest BCUT2D eigenvalue weighted by Crippen LogP contribution is -2.40. The van der Waals surface area contributed by atoms with Gasteiger partial charge in [-0.05, 0) is 31.4 Å². The van der Waals surface area contributed by atoms with E-state index in [2.05, 4.69) is 9.88 Å². The molecule has 1 aromatic rings. The summed E-state index contributed by atoms with van der Waals surface area (Å²) >= 11 is 11.9. The molecule has 5 heteroatoms. The first-order valence-electron chi connectivity index (χ1n) is 6.31. The van der Waals surface area contributed by atoms with Crippen LogP contribution >= 0.6 is 23.2 Å².